The van der Waals surface area contributed by atoms with Gasteiger partial charge in [0.2, 0.25) is 0 Å². The third-order valence-corrected chi connectivity index (χ3v) is 3.07. The molecule has 0 unspecified atom stereocenters. The molecule has 0 fully saturated rings. The van der Waals surface area contributed by atoms with Crippen molar-refractivity contribution in [1.82, 2.24) is 9.97 Å². The fourth-order valence-corrected chi connectivity index (χ4v) is 2.35. The Bertz CT molecular complexity index is 533. The van der Waals surface area contributed by atoms with E-state index in [1.165, 1.54) is 17.5 Å². The molecule has 4 nitrogen and oxygen atoms in total. The Labute approximate surface area is 99.7 Å². The lowest BCUT2D eigenvalue weighted by atomic mass is 9.92. The Balaban J connectivity index is 2.22. The van der Waals surface area contributed by atoms with Crippen LogP contribution in [0.5, 0.6) is 0 Å². The second-order valence-corrected chi connectivity index (χ2v) is 4.52. The Morgan fingerprint density at radius 1 is 1.24 bits per heavy atom. The number of hydrogen-bond acceptors (Lipinski definition) is 4. The van der Waals surface area contributed by atoms with Crippen LogP contribution in [-0.4, -0.2) is 9.97 Å². The molecule has 0 amide bonds. The van der Waals surface area contributed by atoms with Gasteiger partial charge >= 0.3 is 0 Å². The Hall–Kier alpha value is -1.68. The topological polar surface area (TPSA) is 48.2 Å². The first-order valence-electron chi connectivity index (χ1n) is 5.74. The summed E-state index contributed by atoms with van der Waals surface area (Å²) in [6.45, 7) is 5.62. The van der Waals surface area contributed by atoms with Gasteiger partial charge in [-0.1, -0.05) is 13.8 Å². The van der Waals surface area contributed by atoms with Crippen LogP contribution in [0, 0.1) is 0 Å². The molecule has 0 atom stereocenters. The van der Waals surface area contributed by atoms with Crippen LogP contribution in [-0.2, 0) is 18.0 Å². The van der Waals surface area contributed by atoms with Gasteiger partial charge in [0.05, 0.1) is 25.1 Å². The fourth-order valence-electron chi connectivity index (χ4n) is 2.35. The van der Waals surface area contributed by atoms with E-state index in [1.54, 1.807) is 6.20 Å². The highest BCUT2D eigenvalue weighted by atomic mass is 16.5. The second-order valence-electron chi connectivity index (χ2n) is 4.52. The number of pyridine rings is 1. The van der Waals surface area contributed by atoms with E-state index in [4.69, 9.17) is 9.15 Å². The average molecular weight is 230 g/mol. The molecule has 1 aliphatic rings. The number of fused-ring (bicyclic) bond motifs is 1. The molecule has 88 valence electrons. The number of rotatable bonds is 2. The van der Waals surface area contributed by atoms with Crippen LogP contribution in [0.4, 0.5) is 0 Å². The maximum Gasteiger partial charge on any atom is 0.181 e. The number of aromatic nitrogens is 2. The highest BCUT2D eigenvalue weighted by Crippen LogP contribution is 2.35. The molecule has 2 aromatic heterocycles. The molecule has 1 aliphatic heterocycles. The van der Waals surface area contributed by atoms with Gasteiger partial charge in [0, 0.05) is 17.3 Å². The van der Waals surface area contributed by atoms with Gasteiger partial charge < -0.3 is 9.15 Å². The minimum atomic E-state index is 0.411. The van der Waals surface area contributed by atoms with E-state index in [-0.39, 0.29) is 0 Å². The SMILES string of the molecule is CC(C)c1c(-c2cnco2)cnc2c1COC2. The van der Waals surface area contributed by atoms with Crippen LogP contribution in [0.1, 0.15) is 36.6 Å². The predicted molar refractivity (Wildman–Crippen MR) is 62.3 cm³/mol. The Kier molecular flexibility index (Phi) is 2.44. The van der Waals surface area contributed by atoms with Crippen LogP contribution in [0.2, 0.25) is 0 Å². The van der Waals surface area contributed by atoms with Crippen LogP contribution >= 0.6 is 0 Å². The molecule has 2 aromatic rings. The quantitative estimate of drug-likeness (QED) is 0.795. The molecule has 0 N–H and O–H groups in total. The molecule has 0 aromatic carbocycles. The first-order chi connectivity index (χ1) is 8.27. The van der Waals surface area contributed by atoms with Crippen molar-refractivity contribution in [2.45, 2.75) is 33.0 Å². The summed E-state index contributed by atoms with van der Waals surface area (Å²) in [6.07, 6.45) is 5.04. The molecule has 0 spiro atoms. The highest BCUT2D eigenvalue weighted by molar-refractivity contribution is 5.64. The van der Waals surface area contributed by atoms with Gasteiger partial charge in [0.1, 0.15) is 0 Å². The highest BCUT2D eigenvalue weighted by Gasteiger charge is 2.23. The van der Waals surface area contributed by atoms with E-state index >= 15 is 0 Å². The third kappa shape index (κ3) is 1.65. The average Bonchev–Trinajstić information content (AvgIpc) is 2.98. The first kappa shape index (κ1) is 10.5. The summed E-state index contributed by atoms with van der Waals surface area (Å²) < 4.78 is 10.8. The smallest absolute Gasteiger partial charge is 0.181 e. The van der Waals surface area contributed by atoms with Crippen molar-refractivity contribution in [2.24, 2.45) is 0 Å². The zero-order valence-corrected chi connectivity index (χ0v) is 9.93. The summed E-state index contributed by atoms with van der Waals surface area (Å²) >= 11 is 0. The molecule has 0 saturated heterocycles. The standard InChI is InChI=1S/C13H14N2O2/c1-8(2)13-9(12-4-14-7-17-12)3-15-11-6-16-5-10(11)13/h3-4,7-8H,5-6H2,1-2H3. The largest absolute Gasteiger partial charge is 0.443 e. The molecule has 3 rings (SSSR count). The van der Waals surface area contributed by atoms with Gasteiger partial charge in [-0.3, -0.25) is 4.98 Å². The van der Waals surface area contributed by atoms with Crippen LogP contribution in [0.15, 0.2) is 23.2 Å². The van der Waals surface area contributed by atoms with Crippen LogP contribution < -0.4 is 0 Å². The van der Waals surface area contributed by atoms with Gasteiger partial charge in [-0.05, 0) is 11.5 Å². The van der Waals surface area contributed by atoms with Crippen molar-refractivity contribution in [1.29, 1.82) is 0 Å². The molecule has 17 heavy (non-hydrogen) atoms. The van der Waals surface area contributed by atoms with E-state index in [9.17, 15) is 0 Å². The molecule has 3 heterocycles. The van der Waals surface area contributed by atoms with E-state index in [0.29, 0.717) is 19.1 Å². The molecule has 0 radical (unpaired) electrons. The maximum absolute atomic E-state index is 5.47. The minimum absolute atomic E-state index is 0.411. The lowest BCUT2D eigenvalue weighted by Crippen LogP contribution is -2.01. The van der Waals surface area contributed by atoms with Crippen molar-refractivity contribution in [3.8, 4) is 11.3 Å². The second kappa shape index (κ2) is 3.96. The van der Waals surface area contributed by atoms with Gasteiger partial charge in [0.15, 0.2) is 12.2 Å². The molecule has 0 aliphatic carbocycles. The van der Waals surface area contributed by atoms with E-state index in [2.05, 4.69) is 23.8 Å². The monoisotopic (exact) mass is 230 g/mol. The number of hydrogen-bond donors (Lipinski definition) is 0. The lowest BCUT2D eigenvalue weighted by molar-refractivity contribution is 0.133. The molecule has 4 heteroatoms. The zero-order valence-electron chi connectivity index (χ0n) is 9.93. The van der Waals surface area contributed by atoms with Gasteiger partial charge in [-0.15, -0.1) is 0 Å². The van der Waals surface area contributed by atoms with Crippen molar-refractivity contribution in [3.05, 3.63) is 35.6 Å². The number of oxazole rings is 1. The summed E-state index contributed by atoms with van der Waals surface area (Å²) in [5.74, 6) is 1.18. The molecular formula is C13H14N2O2. The van der Waals surface area contributed by atoms with Crippen LogP contribution in [0.3, 0.4) is 0 Å². The summed E-state index contributed by atoms with van der Waals surface area (Å²) in [5.41, 5.74) is 4.57. The van der Waals surface area contributed by atoms with Crippen LogP contribution in [0.25, 0.3) is 11.3 Å². The van der Waals surface area contributed by atoms with Gasteiger partial charge in [-0.2, -0.15) is 0 Å². The molecular weight excluding hydrogens is 216 g/mol. The van der Waals surface area contributed by atoms with Crippen molar-refractivity contribution in [2.75, 3.05) is 0 Å². The minimum Gasteiger partial charge on any atom is -0.443 e. The molecule has 0 bridgehead atoms. The fraction of sp³-hybridized carbons (Fsp3) is 0.385. The summed E-state index contributed by atoms with van der Waals surface area (Å²) in [5, 5.41) is 0. The first-order valence-corrected chi connectivity index (χ1v) is 5.74. The maximum atomic E-state index is 5.47. The van der Waals surface area contributed by atoms with Crippen molar-refractivity contribution < 1.29 is 9.15 Å². The zero-order chi connectivity index (χ0) is 11.8. The van der Waals surface area contributed by atoms with E-state index in [0.717, 1.165) is 17.0 Å². The number of nitrogens with zero attached hydrogens (tertiary/aromatic N) is 2. The van der Waals surface area contributed by atoms with E-state index < -0.39 is 0 Å². The number of ether oxygens (including phenoxy) is 1. The Morgan fingerprint density at radius 3 is 2.82 bits per heavy atom. The normalized spacial score (nSPS) is 14.3. The summed E-state index contributed by atoms with van der Waals surface area (Å²) in [7, 11) is 0. The van der Waals surface area contributed by atoms with Crippen molar-refractivity contribution >= 4 is 0 Å². The predicted octanol–water partition coefficient (Wildman–Crippen LogP) is 2.89. The Morgan fingerprint density at radius 2 is 2.12 bits per heavy atom. The molecule has 0 saturated carbocycles. The van der Waals surface area contributed by atoms with Crippen molar-refractivity contribution in [3.63, 3.8) is 0 Å². The summed E-state index contributed by atoms with van der Waals surface area (Å²) in [4.78, 5) is 8.41. The van der Waals surface area contributed by atoms with E-state index in [1.807, 2.05) is 6.20 Å². The lowest BCUT2D eigenvalue weighted by Gasteiger charge is -2.14. The van der Waals surface area contributed by atoms with Gasteiger partial charge in [0.25, 0.3) is 0 Å². The third-order valence-electron chi connectivity index (χ3n) is 3.07. The summed E-state index contributed by atoms with van der Waals surface area (Å²) in [6, 6.07) is 0. The van der Waals surface area contributed by atoms with Gasteiger partial charge in [-0.25, -0.2) is 4.98 Å².